The number of nitrogens with one attached hydrogen (secondary N) is 1. The van der Waals surface area contributed by atoms with Crippen LogP contribution in [-0.2, 0) is 16.0 Å². The van der Waals surface area contributed by atoms with E-state index in [2.05, 4.69) is 10.3 Å². The lowest BCUT2D eigenvalue weighted by atomic mass is 9.82. The zero-order chi connectivity index (χ0) is 26.6. The summed E-state index contributed by atoms with van der Waals surface area (Å²) in [7, 11) is 0. The van der Waals surface area contributed by atoms with Gasteiger partial charge in [-0.05, 0) is 68.9 Å². The fourth-order valence-corrected chi connectivity index (χ4v) is 4.42. The summed E-state index contributed by atoms with van der Waals surface area (Å²) < 4.78 is 25.2. The van der Waals surface area contributed by atoms with Crippen LogP contribution in [0.1, 0.15) is 61.0 Å². The number of carboxylic acid groups (broad SMARTS) is 1. The van der Waals surface area contributed by atoms with E-state index in [4.69, 9.17) is 20.8 Å². The highest BCUT2D eigenvalue weighted by molar-refractivity contribution is 6.30. The number of hydrogen-bond acceptors (Lipinski definition) is 5. The van der Waals surface area contributed by atoms with Gasteiger partial charge in [0, 0.05) is 29.2 Å². The van der Waals surface area contributed by atoms with E-state index in [1.54, 1.807) is 32.0 Å². The van der Waals surface area contributed by atoms with E-state index in [0.717, 1.165) is 18.4 Å². The van der Waals surface area contributed by atoms with Crippen molar-refractivity contribution >= 4 is 23.5 Å². The van der Waals surface area contributed by atoms with Gasteiger partial charge in [-0.15, -0.1) is 0 Å². The molecule has 1 aliphatic carbocycles. The van der Waals surface area contributed by atoms with Crippen molar-refractivity contribution in [2.45, 2.75) is 51.5 Å². The third-order valence-corrected chi connectivity index (χ3v) is 6.76. The van der Waals surface area contributed by atoms with Gasteiger partial charge in [0.1, 0.15) is 12.1 Å². The highest BCUT2D eigenvalue weighted by Crippen LogP contribution is 2.39. The molecule has 2 N–H and O–H groups in total. The van der Waals surface area contributed by atoms with Crippen LogP contribution < -0.4 is 5.32 Å². The first-order chi connectivity index (χ1) is 17.7. The number of carbonyl (C=O) groups excluding carboxylic acids is 1. The zero-order valence-electron chi connectivity index (χ0n) is 20.8. The number of rotatable bonds is 12. The van der Waals surface area contributed by atoms with Crippen molar-refractivity contribution in [3.63, 3.8) is 0 Å². The van der Waals surface area contributed by atoms with E-state index in [0.29, 0.717) is 35.1 Å². The maximum absolute atomic E-state index is 14.3. The molecular formula is C28H30ClFN2O5. The van der Waals surface area contributed by atoms with Crippen molar-refractivity contribution < 1.29 is 28.2 Å². The van der Waals surface area contributed by atoms with Crippen LogP contribution in [0.25, 0.3) is 11.1 Å². The minimum Gasteiger partial charge on any atom is -0.481 e. The fourth-order valence-electron chi connectivity index (χ4n) is 4.25. The van der Waals surface area contributed by atoms with Crippen LogP contribution in [0, 0.1) is 11.2 Å². The molecule has 1 amide bonds. The van der Waals surface area contributed by atoms with Gasteiger partial charge >= 0.3 is 5.97 Å². The molecule has 0 radical (unpaired) electrons. The molecule has 1 aliphatic rings. The lowest BCUT2D eigenvalue weighted by molar-refractivity contribution is -0.152. The number of aliphatic carboxylic acids is 1. The standard InChI is InChI=1S/C28H30ClFN2O5/c1-3-36-16-28(2,27(34)35)14-21(31-25(33)24-15-37-26(32-24)19-8-9-19)12-17-4-6-18(7-5-17)22-13-20(29)10-11-23(22)30/h4-7,10-11,13,15,19,21H,3,8-9,12,14,16H2,1-2H3,(H,31,33)(H,34,35)/t21-,28+/m1/s1. The SMILES string of the molecule is CCOC[C@](C)(C[C@@H](Cc1ccc(-c2cc(Cl)ccc2F)cc1)NC(=O)c1coc(C2CC2)n1)C(=O)O. The minimum atomic E-state index is -1.22. The van der Waals surface area contributed by atoms with Gasteiger partial charge in [-0.25, -0.2) is 9.37 Å². The number of benzene rings is 2. The average molecular weight is 529 g/mol. The third kappa shape index (κ3) is 6.76. The minimum absolute atomic E-state index is 0.00791. The predicted octanol–water partition coefficient (Wildman–Crippen LogP) is 5.87. The van der Waals surface area contributed by atoms with Gasteiger partial charge in [-0.1, -0.05) is 35.9 Å². The van der Waals surface area contributed by atoms with Crippen molar-refractivity contribution in [3.05, 3.63) is 76.7 Å². The van der Waals surface area contributed by atoms with Crippen molar-refractivity contribution in [2.75, 3.05) is 13.2 Å². The van der Waals surface area contributed by atoms with Gasteiger partial charge in [0.2, 0.25) is 0 Å². The molecule has 2 aromatic carbocycles. The summed E-state index contributed by atoms with van der Waals surface area (Å²) in [6.45, 7) is 3.79. The Morgan fingerprint density at radius 3 is 2.65 bits per heavy atom. The molecule has 0 aliphatic heterocycles. The largest absolute Gasteiger partial charge is 0.481 e. The number of ether oxygens (including phenoxy) is 1. The molecule has 0 unspecified atom stereocenters. The van der Waals surface area contributed by atoms with Crippen molar-refractivity contribution in [1.29, 1.82) is 0 Å². The van der Waals surface area contributed by atoms with Gasteiger partial charge in [-0.3, -0.25) is 9.59 Å². The molecular weight excluding hydrogens is 499 g/mol. The van der Waals surface area contributed by atoms with Crippen molar-refractivity contribution in [3.8, 4) is 11.1 Å². The lowest BCUT2D eigenvalue weighted by Crippen LogP contribution is -2.44. The van der Waals surface area contributed by atoms with Crippen LogP contribution in [0.5, 0.6) is 0 Å². The number of halogens is 2. The van der Waals surface area contributed by atoms with Crippen LogP contribution in [0.4, 0.5) is 4.39 Å². The molecule has 4 rings (SSSR count). The topological polar surface area (TPSA) is 102 Å². The van der Waals surface area contributed by atoms with Gasteiger partial charge < -0.3 is 19.6 Å². The Kier molecular flexibility index (Phi) is 8.29. The quantitative estimate of drug-likeness (QED) is 0.305. The van der Waals surface area contributed by atoms with Crippen LogP contribution in [0.3, 0.4) is 0 Å². The molecule has 0 bridgehead atoms. The van der Waals surface area contributed by atoms with E-state index in [1.807, 2.05) is 12.1 Å². The second-order valence-corrected chi connectivity index (χ2v) is 10.2. The normalized spacial score (nSPS) is 15.7. The van der Waals surface area contributed by atoms with Gasteiger partial charge in [-0.2, -0.15) is 0 Å². The fraction of sp³-hybridized carbons (Fsp3) is 0.393. The molecule has 0 saturated heterocycles. The molecule has 1 aromatic heterocycles. The monoisotopic (exact) mass is 528 g/mol. The second-order valence-electron chi connectivity index (χ2n) is 9.75. The molecule has 196 valence electrons. The summed E-state index contributed by atoms with van der Waals surface area (Å²) >= 11 is 6.03. The molecule has 7 nitrogen and oxygen atoms in total. The Morgan fingerprint density at radius 2 is 2.00 bits per heavy atom. The maximum atomic E-state index is 14.3. The molecule has 0 spiro atoms. The zero-order valence-corrected chi connectivity index (χ0v) is 21.6. The van der Waals surface area contributed by atoms with E-state index in [1.165, 1.54) is 18.4 Å². The summed E-state index contributed by atoms with van der Waals surface area (Å²) in [6.07, 6.45) is 3.81. The summed E-state index contributed by atoms with van der Waals surface area (Å²) in [5.74, 6) is -1.00. The van der Waals surface area contributed by atoms with Crippen LogP contribution in [0.15, 0.2) is 53.1 Å². The molecule has 1 heterocycles. The van der Waals surface area contributed by atoms with E-state index >= 15 is 0 Å². The Labute approximate surface area is 220 Å². The Hall–Kier alpha value is -3.23. The number of carbonyl (C=O) groups is 2. The smallest absolute Gasteiger partial charge is 0.311 e. The van der Waals surface area contributed by atoms with Crippen LogP contribution in [0.2, 0.25) is 5.02 Å². The molecule has 1 fully saturated rings. The summed E-state index contributed by atoms with van der Waals surface area (Å²) in [6, 6.07) is 11.1. The Bertz CT molecular complexity index is 1260. The van der Waals surface area contributed by atoms with Gasteiger partial charge in [0.05, 0.1) is 12.0 Å². The molecule has 37 heavy (non-hydrogen) atoms. The highest BCUT2D eigenvalue weighted by Gasteiger charge is 2.37. The van der Waals surface area contributed by atoms with Crippen molar-refractivity contribution in [1.82, 2.24) is 10.3 Å². The number of carboxylic acids is 1. The Morgan fingerprint density at radius 1 is 1.27 bits per heavy atom. The summed E-state index contributed by atoms with van der Waals surface area (Å²) in [4.78, 5) is 29.5. The number of aromatic nitrogens is 1. The summed E-state index contributed by atoms with van der Waals surface area (Å²) in [5, 5.41) is 13.3. The number of nitrogens with zero attached hydrogens (tertiary/aromatic N) is 1. The number of hydrogen-bond donors (Lipinski definition) is 2. The van der Waals surface area contributed by atoms with E-state index in [-0.39, 0.29) is 30.5 Å². The maximum Gasteiger partial charge on any atom is 0.311 e. The van der Waals surface area contributed by atoms with E-state index in [9.17, 15) is 19.1 Å². The highest BCUT2D eigenvalue weighted by atomic mass is 35.5. The van der Waals surface area contributed by atoms with E-state index < -0.39 is 23.3 Å². The average Bonchev–Trinajstić information content (AvgIpc) is 3.60. The molecule has 9 heteroatoms. The third-order valence-electron chi connectivity index (χ3n) is 6.53. The number of amides is 1. The molecule has 1 saturated carbocycles. The van der Waals surface area contributed by atoms with Crippen molar-refractivity contribution in [2.24, 2.45) is 5.41 Å². The predicted molar refractivity (Wildman–Crippen MR) is 137 cm³/mol. The first-order valence-corrected chi connectivity index (χ1v) is 12.7. The molecule has 2 atom stereocenters. The first kappa shape index (κ1) is 26.8. The second kappa shape index (κ2) is 11.4. The van der Waals surface area contributed by atoms with Gasteiger partial charge in [0.25, 0.3) is 5.91 Å². The lowest BCUT2D eigenvalue weighted by Gasteiger charge is -2.30. The number of oxazole rings is 1. The van der Waals surface area contributed by atoms with Crippen LogP contribution >= 0.6 is 11.6 Å². The molecule has 3 aromatic rings. The first-order valence-electron chi connectivity index (χ1n) is 12.3. The summed E-state index contributed by atoms with van der Waals surface area (Å²) in [5.41, 5.74) is 0.837. The van der Waals surface area contributed by atoms with Crippen LogP contribution in [-0.4, -0.2) is 41.2 Å². The van der Waals surface area contributed by atoms with Gasteiger partial charge in [0.15, 0.2) is 11.6 Å². The Balaban J connectivity index is 1.54.